The SMILES string of the molecule is CN(c1ccc(-c2ccncn2)cc1Cl)C1CC1. The van der Waals surface area contributed by atoms with Crippen LogP contribution >= 0.6 is 11.6 Å². The Hall–Kier alpha value is -1.61. The maximum Gasteiger partial charge on any atom is 0.116 e. The third-order valence-corrected chi connectivity index (χ3v) is 3.60. The molecule has 1 aromatic heterocycles. The smallest absolute Gasteiger partial charge is 0.116 e. The molecule has 0 spiro atoms. The molecule has 1 saturated carbocycles. The van der Waals surface area contributed by atoms with Crippen molar-refractivity contribution in [3.05, 3.63) is 41.8 Å². The van der Waals surface area contributed by atoms with Gasteiger partial charge >= 0.3 is 0 Å². The fourth-order valence-electron chi connectivity index (χ4n) is 2.07. The Labute approximate surface area is 111 Å². The summed E-state index contributed by atoms with van der Waals surface area (Å²) in [5, 5.41) is 0.778. The predicted molar refractivity (Wildman–Crippen MR) is 73.9 cm³/mol. The van der Waals surface area contributed by atoms with Gasteiger partial charge in [-0.1, -0.05) is 17.7 Å². The molecule has 2 aromatic rings. The molecular formula is C14H14ClN3. The third kappa shape index (κ3) is 2.18. The Bertz CT molecular complexity index is 552. The second-order valence-electron chi connectivity index (χ2n) is 4.60. The van der Waals surface area contributed by atoms with Crippen molar-refractivity contribution < 1.29 is 0 Å². The number of hydrogen-bond donors (Lipinski definition) is 0. The molecular weight excluding hydrogens is 246 g/mol. The van der Waals surface area contributed by atoms with Crippen LogP contribution in [0.25, 0.3) is 11.3 Å². The van der Waals surface area contributed by atoms with Crippen LogP contribution in [0.15, 0.2) is 36.8 Å². The summed E-state index contributed by atoms with van der Waals surface area (Å²) in [5.74, 6) is 0. The van der Waals surface area contributed by atoms with Crippen LogP contribution in [0.1, 0.15) is 12.8 Å². The second-order valence-corrected chi connectivity index (χ2v) is 5.01. The summed E-state index contributed by atoms with van der Waals surface area (Å²) in [4.78, 5) is 10.4. The molecule has 18 heavy (non-hydrogen) atoms. The molecule has 0 bridgehead atoms. The van der Waals surface area contributed by atoms with Gasteiger partial charge in [0, 0.05) is 24.8 Å². The van der Waals surface area contributed by atoms with E-state index in [1.54, 1.807) is 12.5 Å². The van der Waals surface area contributed by atoms with Gasteiger partial charge in [0.25, 0.3) is 0 Å². The summed E-state index contributed by atoms with van der Waals surface area (Å²) >= 11 is 6.36. The average Bonchev–Trinajstić information content (AvgIpc) is 3.23. The topological polar surface area (TPSA) is 29.0 Å². The van der Waals surface area contributed by atoms with E-state index < -0.39 is 0 Å². The van der Waals surface area contributed by atoms with Crippen LogP contribution in [0.2, 0.25) is 5.02 Å². The fraction of sp³-hybridized carbons (Fsp3) is 0.286. The van der Waals surface area contributed by atoms with Gasteiger partial charge in [-0.25, -0.2) is 9.97 Å². The summed E-state index contributed by atoms with van der Waals surface area (Å²) in [6, 6.07) is 8.64. The second kappa shape index (κ2) is 4.58. The molecule has 0 unspecified atom stereocenters. The average molecular weight is 260 g/mol. The van der Waals surface area contributed by atoms with Crippen molar-refractivity contribution in [3.63, 3.8) is 0 Å². The van der Waals surface area contributed by atoms with Crippen LogP contribution in [0, 0.1) is 0 Å². The third-order valence-electron chi connectivity index (χ3n) is 3.30. The molecule has 1 fully saturated rings. The van der Waals surface area contributed by atoms with Gasteiger partial charge in [0.2, 0.25) is 0 Å². The summed E-state index contributed by atoms with van der Waals surface area (Å²) in [5.41, 5.74) is 3.01. The normalized spacial score (nSPS) is 14.6. The van der Waals surface area contributed by atoms with Gasteiger partial charge in [-0.2, -0.15) is 0 Å². The molecule has 4 heteroatoms. The Morgan fingerprint density at radius 3 is 2.72 bits per heavy atom. The molecule has 0 N–H and O–H groups in total. The van der Waals surface area contributed by atoms with Crippen LogP contribution < -0.4 is 4.90 Å². The van der Waals surface area contributed by atoms with Gasteiger partial charge in [-0.05, 0) is 31.0 Å². The number of hydrogen-bond acceptors (Lipinski definition) is 3. The van der Waals surface area contributed by atoms with E-state index in [1.165, 1.54) is 12.8 Å². The van der Waals surface area contributed by atoms with Crippen LogP contribution in [0.4, 0.5) is 5.69 Å². The van der Waals surface area contributed by atoms with Crippen LogP contribution in [0.3, 0.4) is 0 Å². The van der Waals surface area contributed by atoms with Gasteiger partial charge in [0.05, 0.1) is 16.4 Å². The molecule has 0 saturated heterocycles. The van der Waals surface area contributed by atoms with Crippen molar-refractivity contribution in [2.45, 2.75) is 18.9 Å². The number of rotatable bonds is 3. The summed E-state index contributed by atoms with van der Waals surface area (Å²) in [6.45, 7) is 0. The van der Waals surface area contributed by atoms with Crippen molar-refractivity contribution >= 4 is 17.3 Å². The number of nitrogens with zero attached hydrogens (tertiary/aromatic N) is 3. The highest BCUT2D eigenvalue weighted by Gasteiger charge is 2.27. The summed E-state index contributed by atoms with van der Waals surface area (Å²) in [7, 11) is 2.10. The molecule has 0 amide bonds. The van der Waals surface area contributed by atoms with E-state index in [4.69, 9.17) is 11.6 Å². The van der Waals surface area contributed by atoms with E-state index in [9.17, 15) is 0 Å². The summed E-state index contributed by atoms with van der Waals surface area (Å²) < 4.78 is 0. The fourth-order valence-corrected chi connectivity index (χ4v) is 2.39. The highest BCUT2D eigenvalue weighted by molar-refractivity contribution is 6.33. The Kier molecular flexibility index (Phi) is 2.92. The van der Waals surface area contributed by atoms with Gasteiger partial charge in [-0.15, -0.1) is 0 Å². The minimum Gasteiger partial charge on any atom is -0.370 e. The zero-order valence-electron chi connectivity index (χ0n) is 10.2. The quantitative estimate of drug-likeness (QED) is 0.846. The van der Waals surface area contributed by atoms with Gasteiger partial charge in [-0.3, -0.25) is 0 Å². The number of benzene rings is 1. The van der Waals surface area contributed by atoms with E-state index in [1.807, 2.05) is 12.1 Å². The summed E-state index contributed by atoms with van der Waals surface area (Å²) in [6.07, 6.45) is 5.81. The highest BCUT2D eigenvalue weighted by atomic mass is 35.5. The molecule has 0 radical (unpaired) electrons. The molecule has 1 heterocycles. The monoisotopic (exact) mass is 259 g/mol. The maximum atomic E-state index is 6.36. The zero-order valence-corrected chi connectivity index (χ0v) is 10.9. The van der Waals surface area contributed by atoms with Crippen molar-refractivity contribution in [3.8, 4) is 11.3 Å². The van der Waals surface area contributed by atoms with Crippen molar-refractivity contribution in [2.24, 2.45) is 0 Å². The number of aromatic nitrogens is 2. The van der Waals surface area contributed by atoms with E-state index in [0.717, 1.165) is 22.0 Å². The highest BCUT2D eigenvalue weighted by Crippen LogP contribution is 2.36. The predicted octanol–water partition coefficient (Wildman–Crippen LogP) is 3.40. The number of halogens is 1. The van der Waals surface area contributed by atoms with E-state index in [2.05, 4.69) is 34.0 Å². The first kappa shape index (κ1) is 11.5. The minimum atomic E-state index is 0.660. The minimum absolute atomic E-state index is 0.660. The maximum absolute atomic E-state index is 6.36. The number of anilines is 1. The lowest BCUT2D eigenvalue weighted by Crippen LogP contribution is -2.19. The first-order valence-electron chi connectivity index (χ1n) is 6.04. The van der Waals surface area contributed by atoms with Gasteiger partial charge in [0.1, 0.15) is 6.33 Å². The molecule has 1 aliphatic carbocycles. The largest absolute Gasteiger partial charge is 0.370 e. The van der Waals surface area contributed by atoms with Crippen LogP contribution in [-0.4, -0.2) is 23.1 Å². The molecule has 0 aliphatic heterocycles. The molecule has 1 aliphatic rings. The van der Waals surface area contributed by atoms with Crippen LogP contribution in [-0.2, 0) is 0 Å². The van der Waals surface area contributed by atoms with Crippen molar-refractivity contribution in [1.29, 1.82) is 0 Å². The first-order chi connectivity index (χ1) is 8.75. The standard InChI is InChI=1S/C14H14ClN3/c1-18(11-3-4-11)14-5-2-10(8-12(14)15)13-6-7-16-9-17-13/h2,5-9,11H,3-4H2,1H3. The first-order valence-corrected chi connectivity index (χ1v) is 6.42. The Morgan fingerprint density at radius 2 is 2.11 bits per heavy atom. The molecule has 92 valence electrons. The molecule has 3 nitrogen and oxygen atoms in total. The van der Waals surface area contributed by atoms with Gasteiger partial charge < -0.3 is 4.90 Å². The zero-order chi connectivity index (χ0) is 12.5. The van der Waals surface area contributed by atoms with E-state index in [0.29, 0.717) is 6.04 Å². The van der Waals surface area contributed by atoms with E-state index in [-0.39, 0.29) is 0 Å². The van der Waals surface area contributed by atoms with Crippen molar-refractivity contribution in [2.75, 3.05) is 11.9 Å². The lowest BCUT2D eigenvalue weighted by atomic mass is 10.1. The van der Waals surface area contributed by atoms with E-state index >= 15 is 0 Å². The van der Waals surface area contributed by atoms with Crippen LogP contribution in [0.5, 0.6) is 0 Å². The lowest BCUT2D eigenvalue weighted by Gasteiger charge is -2.20. The Morgan fingerprint density at radius 1 is 1.28 bits per heavy atom. The molecule has 0 atom stereocenters. The molecule has 3 rings (SSSR count). The van der Waals surface area contributed by atoms with Crippen molar-refractivity contribution in [1.82, 2.24) is 9.97 Å². The molecule has 1 aromatic carbocycles. The lowest BCUT2D eigenvalue weighted by molar-refractivity contribution is 0.917. The van der Waals surface area contributed by atoms with Gasteiger partial charge in [0.15, 0.2) is 0 Å². The Balaban J connectivity index is 1.93.